The van der Waals surface area contributed by atoms with E-state index in [4.69, 9.17) is 16.2 Å². The number of methoxy groups -OCH3 is 1. The maximum atomic E-state index is 12.5. The van der Waals surface area contributed by atoms with Gasteiger partial charge in [-0.25, -0.2) is 4.57 Å². The van der Waals surface area contributed by atoms with Crippen molar-refractivity contribution in [3.63, 3.8) is 0 Å². The fourth-order valence-corrected chi connectivity index (χ4v) is 1.99. The van der Waals surface area contributed by atoms with Gasteiger partial charge in [0, 0.05) is 0 Å². The van der Waals surface area contributed by atoms with Gasteiger partial charge in [0.15, 0.2) is 5.65 Å². The molecule has 0 bridgehead atoms. The third-order valence-corrected chi connectivity index (χ3v) is 2.97. The van der Waals surface area contributed by atoms with Crippen molar-refractivity contribution in [2.45, 2.75) is 0 Å². The Balaban J connectivity index is 2.29. The van der Waals surface area contributed by atoms with Crippen LogP contribution >= 0.6 is 0 Å². The molecule has 1 aromatic carbocycles. The van der Waals surface area contributed by atoms with E-state index in [2.05, 4.69) is 15.2 Å². The highest BCUT2D eigenvalue weighted by Gasteiger charge is 2.15. The molecule has 0 amide bonds. The zero-order valence-electron chi connectivity index (χ0n) is 10.6. The third kappa shape index (κ3) is 1.66. The molecule has 3 rings (SSSR count). The van der Waals surface area contributed by atoms with Crippen LogP contribution in [0.1, 0.15) is 0 Å². The van der Waals surface area contributed by atoms with Gasteiger partial charge in [-0.2, -0.15) is 10.1 Å². The molecule has 0 fully saturated rings. The molecular weight excluding hydrogens is 260 g/mol. The lowest BCUT2D eigenvalue weighted by molar-refractivity contribution is 0.414. The van der Waals surface area contributed by atoms with Crippen LogP contribution in [0, 0.1) is 0 Å². The second kappa shape index (κ2) is 4.26. The lowest BCUT2D eigenvalue weighted by atomic mass is 10.3. The van der Waals surface area contributed by atoms with Crippen molar-refractivity contribution in [3.8, 4) is 11.4 Å². The number of benzene rings is 1. The first-order valence-electron chi connectivity index (χ1n) is 5.78. The second-order valence-electron chi connectivity index (χ2n) is 4.14. The van der Waals surface area contributed by atoms with Crippen LogP contribution in [-0.2, 0) is 0 Å². The third-order valence-electron chi connectivity index (χ3n) is 2.97. The van der Waals surface area contributed by atoms with Crippen LogP contribution in [-0.4, -0.2) is 26.9 Å². The number of hydrogen-bond acceptors (Lipinski definition) is 6. The van der Waals surface area contributed by atoms with E-state index < -0.39 is 0 Å². The molecule has 5 N–H and O–H groups in total. The number of fused-ring (bicyclic) bond motifs is 1. The number of nitrogens with one attached hydrogen (secondary N) is 1. The molecule has 8 nitrogen and oxygen atoms in total. The van der Waals surface area contributed by atoms with Gasteiger partial charge < -0.3 is 16.2 Å². The fraction of sp³-hybridized carbons (Fsp3) is 0.0833. The first-order valence-corrected chi connectivity index (χ1v) is 5.78. The zero-order chi connectivity index (χ0) is 14.3. The van der Waals surface area contributed by atoms with Gasteiger partial charge in [-0.05, 0) is 24.3 Å². The molecule has 0 aliphatic rings. The van der Waals surface area contributed by atoms with E-state index in [9.17, 15) is 4.79 Å². The Bertz CT molecular complexity index is 834. The van der Waals surface area contributed by atoms with Crippen molar-refractivity contribution in [1.82, 2.24) is 19.7 Å². The molecular formula is C12H12N6O2. The number of nitrogen functional groups attached to an aromatic ring is 2. The summed E-state index contributed by atoms with van der Waals surface area (Å²) in [4.78, 5) is 16.5. The van der Waals surface area contributed by atoms with E-state index in [1.165, 1.54) is 4.57 Å². The average Bonchev–Trinajstić information content (AvgIpc) is 2.81. The lowest BCUT2D eigenvalue weighted by Gasteiger charge is -2.09. The predicted octanol–water partition coefficient (Wildman–Crippen LogP) is 0.282. The molecule has 0 spiro atoms. The molecule has 2 heterocycles. The molecule has 0 atom stereocenters. The molecule has 0 aliphatic heterocycles. The van der Waals surface area contributed by atoms with Crippen LogP contribution in [0.25, 0.3) is 16.7 Å². The average molecular weight is 272 g/mol. The van der Waals surface area contributed by atoms with Crippen LogP contribution in [0.15, 0.2) is 29.1 Å². The number of nitrogens with zero attached hydrogens (tertiary/aromatic N) is 3. The van der Waals surface area contributed by atoms with Gasteiger partial charge in [-0.3, -0.25) is 9.89 Å². The molecule has 8 heteroatoms. The summed E-state index contributed by atoms with van der Waals surface area (Å²) in [5.41, 5.74) is 11.9. The van der Waals surface area contributed by atoms with Crippen molar-refractivity contribution in [2.24, 2.45) is 0 Å². The Morgan fingerprint density at radius 1 is 1.25 bits per heavy atom. The molecule has 20 heavy (non-hydrogen) atoms. The van der Waals surface area contributed by atoms with Crippen molar-refractivity contribution in [2.75, 3.05) is 18.6 Å². The van der Waals surface area contributed by atoms with E-state index in [1.54, 1.807) is 31.4 Å². The summed E-state index contributed by atoms with van der Waals surface area (Å²) in [5, 5.41) is 6.56. The van der Waals surface area contributed by atoms with Crippen LogP contribution in [0.3, 0.4) is 0 Å². The molecule has 0 saturated heterocycles. The van der Waals surface area contributed by atoms with Gasteiger partial charge in [-0.1, -0.05) is 0 Å². The number of ether oxygens (including phenoxy) is 1. The summed E-state index contributed by atoms with van der Waals surface area (Å²) < 4.78 is 6.34. The topological polar surface area (TPSA) is 125 Å². The SMILES string of the molecule is COc1ccc(-n2c(N)nc3n[nH]c(N)c3c2=O)cc1. The Hall–Kier alpha value is -3.03. The monoisotopic (exact) mass is 272 g/mol. The second-order valence-corrected chi connectivity index (χ2v) is 4.14. The Morgan fingerprint density at radius 2 is 1.95 bits per heavy atom. The quantitative estimate of drug-likeness (QED) is 0.615. The number of H-pyrrole nitrogens is 1. The number of aromatic nitrogens is 4. The maximum absolute atomic E-state index is 12.5. The summed E-state index contributed by atoms with van der Waals surface area (Å²) in [7, 11) is 1.56. The number of rotatable bonds is 2. The summed E-state index contributed by atoms with van der Waals surface area (Å²) in [6.07, 6.45) is 0. The van der Waals surface area contributed by atoms with E-state index in [-0.39, 0.29) is 28.4 Å². The number of anilines is 2. The highest BCUT2D eigenvalue weighted by molar-refractivity contribution is 5.85. The predicted molar refractivity (Wildman–Crippen MR) is 74.9 cm³/mol. The van der Waals surface area contributed by atoms with Gasteiger partial charge in [0.25, 0.3) is 5.56 Å². The summed E-state index contributed by atoms with van der Waals surface area (Å²) >= 11 is 0. The Morgan fingerprint density at radius 3 is 2.60 bits per heavy atom. The van der Waals surface area contributed by atoms with Gasteiger partial charge in [-0.15, -0.1) is 0 Å². The van der Waals surface area contributed by atoms with E-state index in [0.29, 0.717) is 11.4 Å². The minimum absolute atomic E-state index is 0.0409. The lowest BCUT2D eigenvalue weighted by Crippen LogP contribution is -2.23. The summed E-state index contributed by atoms with van der Waals surface area (Å²) in [5.74, 6) is 0.885. The molecule has 0 aliphatic carbocycles. The van der Waals surface area contributed by atoms with Gasteiger partial charge in [0.1, 0.15) is 17.0 Å². The Kier molecular flexibility index (Phi) is 2.56. The van der Waals surface area contributed by atoms with Crippen molar-refractivity contribution >= 4 is 22.8 Å². The highest BCUT2D eigenvalue weighted by Crippen LogP contribution is 2.18. The number of hydrogen-bond donors (Lipinski definition) is 3. The normalized spacial score (nSPS) is 10.8. The summed E-state index contributed by atoms with van der Waals surface area (Å²) in [6, 6.07) is 6.87. The smallest absolute Gasteiger partial charge is 0.272 e. The molecule has 0 saturated carbocycles. The van der Waals surface area contributed by atoms with Gasteiger partial charge in [0.05, 0.1) is 12.8 Å². The minimum Gasteiger partial charge on any atom is -0.497 e. The van der Waals surface area contributed by atoms with Crippen molar-refractivity contribution in [1.29, 1.82) is 0 Å². The molecule has 0 radical (unpaired) electrons. The molecule has 3 aromatic rings. The molecule has 102 valence electrons. The van der Waals surface area contributed by atoms with E-state index in [1.807, 2.05) is 0 Å². The van der Waals surface area contributed by atoms with Crippen molar-refractivity contribution < 1.29 is 4.74 Å². The van der Waals surface area contributed by atoms with E-state index in [0.717, 1.165) is 0 Å². The van der Waals surface area contributed by atoms with Crippen molar-refractivity contribution in [3.05, 3.63) is 34.6 Å². The zero-order valence-corrected chi connectivity index (χ0v) is 10.6. The van der Waals surface area contributed by atoms with Gasteiger partial charge in [0.2, 0.25) is 5.95 Å². The van der Waals surface area contributed by atoms with Crippen LogP contribution in [0.4, 0.5) is 11.8 Å². The summed E-state index contributed by atoms with van der Waals surface area (Å²) in [6.45, 7) is 0. The first-order chi connectivity index (χ1) is 9.61. The van der Waals surface area contributed by atoms with Crippen LogP contribution in [0.5, 0.6) is 5.75 Å². The Labute approximate surface area is 113 Å². The number of aromatic amines is 1. The van der Waals surface area contributed by atoms with Crippen LogP contribution < -0.4 is 21.8 Å². The van der Waals surface area contributed by atoms with E-state index >= 15 is 0 Å². The van der Waals surface area contributed by atoms with Gasteiger partial charge >= 0.3 is 0 Å². The fourth-order valence-electron chi connectivity index (χ4n) is 1.99. The molecule has 2 aromatic heterocycles. The largest absolute Gasteiger partial charge is 0.497 e. The first kappa shape index (κ1) is 12.0. The minimum atomic E-state index is -0.371. The molecule has 0 unspecified atom stereocenters. The van der Waals surface area contributed by atoms with Crippen LogP contribution in [0.2, 0.25) is 0 Å². The highest BCUT2D eigenvalue weighted by atomic mass is 16.5. The maximum Gasteiger partial charge on any atom is 0.272 e. The number of nitrogens with two attached hydrogens (primary N) is 2. The standard InChI is InChI=1S/C12H12N6O2/c1-20-7-4-2-6(3-5-7)18-11(19)8-9(13)16-17-10(8)15-12(18)14/h2-5H,1H3,(H5,13,14,15,16,17).